The summed E-state index contributed by atoms with van der Waals surface area (Å²) in [6.45, 7) is 1.39. The lowest BCUT2D eigenvalue weighted by Gasteiger charge is -2.11. The van der Waals surface area contributed by atoms with E-state index in [-0.39, 0.29) is 28.5 Å². The van der Waals surface area contributed by atoms with Gasteiger partial charge in [-0.3, -0.25) is 9.59 Å². The van der Waals surface area contributed by atoms with E-state index in [1.54, 1.807) is 44.4 Å². The molecule has 0 bridgehead atoms. The van der Waals surface area contributed by atoms with E-state index in [1.807, 2.05) is 30.3 Å². The zero-order valence-electron chi connectivity index (χ0n) is 20.1. The third kappa shape index (κ3) is 5.07. The Balaban J connectivity index is 1.49. The fraction of sp³-hybridized carbons (Fsp3) is 0.179. The second kappa shape index (κ2) is 10.8. The van der Waals surface area contributed by atoms with E-state index >= 15 is 0 Å². The number of hydrogen-bond donors (Lipinski definition) is 1. The first-order valence-corrected chi connectivity index (χ1v) is 11.2. The number of carbonyl (C=O) groups excluding carboxylic acids is 2. The van der Waals surface area contributed by atoms with E-state index in [4.69, 9.17) is 18.6 Å². The first kappa shape index (κ1) is 24.5. The maximum Gasteiger partial charge on any atom is 0.342 e. The Hall–Kier alpha value is -4.59. The summed E-state index contributed by atoms with van der Waals surface area (Å²) < 4.78 is 21.7. The topological polar surface area (TPSA) is 104 Å². The smallest absolute Gasteiger partial charge is 0.342 e. The summed E-state index contributed by atoms with van der Waals surface area (Å²) in [4.78, 5) is 38.1. The number of nitrogens with one attached hydrogen (secondary N) is 1. The molecule has 0 fully saturated rings. The average Bonchev–Trinajstić information content (AvgIpc) is 2.92. The summed E-state index contributed by atoms with van der Waals surface area (Å²) in [6, 6.07) is 19.1. The minimum absolute atomic E-state index is 0.0643. The van der Waals surface area contributed by atoms with Crippen molar-refractivity contribution in [2.75, 3.05) is 20.8 Å². The first-order chi connectivity index (χ1) is 17.4. The Labute approximate surface area is 207 Å². The lowest BCUT2D eigenvalue weighted by molar-refractivity contribution is -0.124. The molecule has 1 aromatic heterocycles. The number of esters is 1. The summed E-state index contributed by atoms with van der Waals surface area (Å²) >= 11 is 0. The van der Waals surface area contributed by atoms with Crippen LogP contribution in [0.5, 0.6) is 11.5 Å². The van der Waals surface area contributed by atoms with Crippen molar-refractivity contribution >= 4 is 22.8 Å². The van der Waals surface area contributed by atoms with Crippen LogP contribution in [0.3, 0.4) is 0 Å². The molecule has 184 valence electrons. The molecule has 0 radical (unpaired) electrons. The Kier molecular flexibility index (Phi) is 7.34. The van der Waals surface area contributed by atoms with Gasteiger partial charge in [0, 0.05) is 17.7 Å². The van der Waals surface area contributed by atoms with Gasteiger partial charge in [-0.15, -0.1) is 0 Å². The molecule has 1 heterocycles. The van der Waals surface area contributed by atoms with Crippen LogP contribution in [0.15, 0.2) is 75.9 Å². The van der Waals surface area contributed by atoms with Crippen molar-refractivity contribution in [1.82, 2.24) is 5.32 Å². The summed E-state index contributed by atoms with van der Waals surface area (Å²) in [7, 11) is 3.07. The highest BCUT2D eigenvalue weighted by molar-refractivity contribution is 6.02. The zero-order chi connectivity index (χ0) is 25.7. The molecular weight excluding hydrogens is 462 g/mol. The van der Waals surface area contributed by atoms with Crippen LogP contribution in [-0.2, 0) is 16.1 Å². The van der Waals surface area contributed by atoms with Gasteiger partial charge in [-0.05, 0) is 36.8 Å². The number of ether oxygens (including phenoxy) is 3. The van der Waals surface area contributed by atoms with Crippen LogP contribution in [0.2, 0.25) is 0 Å². The molecule has 8 nitrogen and oxygen atoms in total. The Morgan fingerprint density at radius 1 is 0.917 bits per heavy atom. The van der Waals surface area contributed by atoms with Crippen LogP contribution in [0, 0.1) is 6.92 Å². The van der Waals surface area contributed by atoms with E-state index in [2.05, 4.69) is 5.32 Å². The molecule has 0 saturated heterocycles. The first-order valence-electron chi connectivity index (χ1n) is 11.2. The van der Waals surface area contributed by atoms with Crippen molar-refractivity contribution in [3.63, 3.8) is 0 Å². The van der Waals surface area contributed by atoms with Crippen molar-refractivity contribution in [3.8, 4) is 22.8 Å². The number of fused-ring (bicyclic) bond motifs is 1. The maximum absolute atomic E-state index is 13.0. The predicted octanol–water partition coefficient (Wildman–Crippen LogP) is 4.26. The monoisotopic (exact) mass is 487 g/mol. The van der Waals surface area contributed by atoms with Gasteiger partial charge in [0.15, 0.2) is 29.1 Å². The van der Waals surface area contributed by atoms with Crippen molar-refractivity contribution in [1.29, 1.82) is 0 Å². The van der Waals surface area contributed by atoms with E-state index in [0.29, 0.717) is 28.4 Å². The highest BCUT2D eigenvalue weighted by Crippen LogP contribution is 2.28. The van der Waals surface area contributed by atoms with Gasteiger partial charge in [-0.25, -0.2) is 4.79 Å². The molecule has 1 N–H and O–H groups in total. The highest BCUT2D eigenvalue weighted by atomic mass is 16.5. The van der Waals surface area contributed by atoms with Crippen LogP contribution >= 0.6 is 0 Å². The number of benzene rings is 3. The van der Waals surface area contributed by atoms with Gasteiger partial charge in [-0.2, -0.15) is 0 Å². The number of carbonyl (C=O) groups is 2. The number of methoxy groups -OCH3 is 2. The molecule has 0 aliphatic heterocycles. The van der Waals surface area contributed by atoms with Crippen molar-refractivity contribution < 1.29 is 28.2 Å². The van der Waals surface area contributed by atoms with Gasteiger partial charge in [0.2, 0.25) is 0 Å². The van der Waals surface area contributed by atoms with E-state index in [9.17, 15) is 14.4 Å². The molecular formula is C28H25NO7. The van der Waals surface area contributed by atoms with Crippen LogP contribution in [0.4, 0.5) is 0 Å². The molecule has 4 aromatic rings. The summed E-state index contributed by atoms with van der Waals surface area (Å²) in [6.07, 6.45) is 0. The van der Waals surface area contributed by atoms with Crippen LogP contribution < -0.4 is 20.2 Å². The second-order valence-electron chi connectivity index (χ2n) is 7.98. The Morgan fingerprint density at radius 2 is 1.67 bits per heavy atom. The van der Waals surface area contributed by atoms with Gasteiger partial charge in [0.25, 0.3) is 5.91 Å². The van der Waals surface area contributed by atoms with Gasteiger partial charge in [-0.1, -0.05) is 42.5 Å². The van der Waals surface area contributed by atoms with E-state index in [1.165, 1.54) is 13.2 Å². The molecule has 1 amide bonds. The van der Waals surface area contributed by atoms with Crippen molar-refractivity contribution in [2.45, 2.75) is 13.5 Å². The SMILES string of the molecule is COc1ccc(CNC(=O)COC(=O)c2cccc3c(=O)c(C)c(-c4ccccc4)oc23)cc1OC. The van der Waals surface area contributed by atoms with Gasteiger partial charge < -0.3 is 23.9 Å². The molecule has 0 unspecified atom stereocenters. The molecule has 4 rings (SSSR count). The minimum atomic E-state index is -0.770. The maximum atomic E-state index is 13.0. The van der Waals surface area contributed by atoms with Gasteiger partial charge >= 0.3 is 5.97 Å². The van der Waals surface area contributed by atoms with Crippen molar-refractivity contribution in [3.05, 3.63) is 93.6 Å². The Bertz CT molecular complexity index is 1480. The predicted molar refractivity (Wildman–Crippen MR) is 134 cm³/mol. The average molecular weight is 488 g/mol. The third-order valence-corrected chi connectivity index (χ3v) is 5.67. The summed E-state index contributed by atoms with van der Waals surface area (Å²) in [5, 5.41) is 2.96. The molecule has 36 heavy (non-hydrogen) atoms. The normalized spacial score (nSPS) is 10.6. The summed E-state index contributed by atoms with van der Waals surface area (Å²) in [5.41, 5.74) is 1.88. The quantitative estimate of drug-likeness (QED) is 0.370. The standard InChI is InChI=1S/C28H25NO7/c1-17-25(31)20-10-7-11-21(27(20)36-26(17)19-8-5-4-6-9-19)28(32)35-16-24(30)29-15-18-12-13-22(33-2)23(14-18)34-3/h4-14H,15-16H2,1-3H3,(H,29,30). The molecule has 0 aliphatic carbocycles. The fourth-order valence-electron chi connectivity index (χ4n) is 3.79. The molecule has 0 spiro atoms. The summed E-state index contributed by atoms with van der Waals surface area (Å²) in [5.74, 6) is 0.238. The lowest BCUT2D eigenvalue weighted by atomic mass is 10.0. The second-order valence-corrected chi connectivity index (χ2v) is 7.98. The molecule has 0 aliphatic rings. The number of rotatable bonds is 8. The van der Waals surface area contributed by atoms with E-state index in [0.717, 1.165) is 5.56 Å². The van der Waals surface area contributed by atoms with Crippen molar-refractivity contribution in [2.24, 2.45) is 0 Å². The van der Waals surface area contributed by atoms with Gasteiger partial charge in [0.05, 0.1) is 19.6 Å². The zero-order valence-corrected chi connectivity index (χ0v) is 20.1. The largest absolute Gasteiger partial charge is 0.493 e. The molecule has 8 heteroatoms. The van der Waals surface area contributed by atoms with Crippen LogP contribution in [-0.4, -0.2) is 32.7 Å². The number of amides is 1. The number of para-hydroxylation sites is 1. The Morgan fingerprint density at radius 3 is 2.39 bits per heavy atom. The van der Waals surface area contributed by atoms with Crippen LogP contribution in [0.1, 0.15) is 21.5 Å². The molecule has 0 atom stereocenters. The molecule has 0 saturated carbocycles. The van der Waals surface area contributed by atoms with Gasteiger partial charge in [0.1, 0.15) is 11.3 Å². The third-order valence-electron chi connectivity index (χ3n) is 5.67. The number of hydrogen-bond acceptors (Lipinski definition) is 7. The highest BCUT2D eigenvalue weighted by Gasteiger charge is 2.20. The minimum Gasteiger partial charge on any atom is -0.493 e. The lowest BCUT2D eigenvalue weighted by Crippen LogP contribution is -2.28. The van der Waals surface area contributed by atoms with Crippen LogP contribution in [0.25, 0.3) is 22.3 Å². The fourth-order valence-corrected chi connectivity index (χ4v) is 3.79. The van der Waals surface area contributed by atoms with E-state index < -0.39 is 18.5 Å². The molecule has 3 aromatic carbocycles.